The maximum Gasteiger partial charge on any atom is 0.407 e. The van der Waals surface area contributed by atoms with E-state index in [0.717, 1.165) is 12.1 Å². The molecule has 4 rings (SSSR count). The zero-order chi connectivity index (χ0) is 30.1. The van der Waals surface area contributed by atoms with E-state index in [-0.39, 0.29) is 30.8 Å². The lowest BCUT2D eigenvalue weighted by Crippen LogP contribution is -2.55. The molecule has 0 aromatic heterocycles. The number of alkyl carbamates (subject to hydrolysis) is 1. The van der Waals surface area contributed by atoms with Crippen molar-refractivity contribution in [2.75, 3.05) is 37.7 Å². The highest BCUT2D eigenvalue weighted by atomic mass is 35.5. The van der Waals surface area contributed by atoms with Gasteiger partial charge in [0.1, 0.15) is 11.9 Å². The second-order valence-electron chi connectivity index (χ2n) is 10.4. The van der Waals surface area contributed by atoms with E-state index < -0.39 is 12.1 Å². The van der Waals surface area contributed by atoms with Gasteiger partial charge >= 0.3 is 6.09 Å². The standard InChI is InChI=1S/C32H37Cl2FN4O3/c1-3-42-32(41)37-29(19-23-12-13-26(33)20-27(23)34)31(40)39-16-14-38(15-17-39)30-11-7-5-8-24(30)18-22(2)36-21-25-9-4-6-10-28(25)35/h4-13,20,22,29,36H,3,14-19,21H2,1-2H3,(H,37,41). The van der Waals surface area contributed by atoms with Gasteiger partial charge in [-0.05, 0) is 55.7 Å². The molecule has 3 aromatic carbocycles. The summed E-state index contributed by atoms with van der Waals surface area (Å²) in [4.78, 5) is 30.0. The molecule has 2 atom stereocenters. The highest BCUT2D eigenvalue weighted by Crippen LogP contribution is 2.25. The Morgan fingerprint density at radius 1 is 0.929 bits per heavy atom. The van der Waals surface area contributed by atoms with E-state index in [1.807, 2.05) is 18.2 Å². The van der Waals surface area contributed by atoms with E-state index in [2.05, 4.69) is 34.6 Å². The summed E-state index contributed by atoms with van der Waals surface area (Å²) in [7, 11) is 0. The van der Waals surface area contributed by atoms with Crippen LogP contribution in [0.4, 0.5) is 14.9 Å². The number of carbonyl (C=O) groups is 2. The van der Waals surface area contributed by atoms with Crippen LogP contribution in [0.2, 0.25) is 10.0 Å². The van der Waals surface area contributed by atoms with Crippen LogP contribution in [-0.4, -0.2) is 61.8 Å². The molecule has 1 fully saturated rings. The summed E-state index contributed by atoms with van der Waals surface area (Å²) >= 11 is 12.4. The molecule has 2 unspecified atom stereocenters. The quantitative estimate of drug-likeness (QED) is 0.283. The molecule has 0 bridgehead atoms. The normalized spacial score (nSPS) is 14.8. The first kappa shape index (κ1) is 31.6. The molecule has 7 nitrogen and oxygen atoms in total. The number of anilines is 1. The van der Waals surface area contributed by atoms with Gasteiger partial charge in [-0.15, -0.1) is 0 Å². The summed E-state index contributed by atoms with van der Waals surface area (Å²) < 4.78 is 19.1. The Labute approximate surface area is 256 Å². The van der Waals surface area contributed by atoms with Crippen LogP contribution in [-0.2, 0) is 28.9 Å². The number of para-hydroxylation sites is 1. The molecule has 0 radical (unpaired) electrons. The number of hydrogen-bond acceptors (Lipinski definition) is 5. The largest absolute Gasteiger partial charge is 0.450 e. The van der Waals surface area contributed by atoms with E-state index in [0.29, 0.717) is 53.9 Å². The lowest BCUT2D eigenvalue weighted by Gasteiger charge is -2.38. The van der Waals surface area contributed by atoms with Crippen LogP contribution < -0.4 is 15.5 Å². The summed E-state index contributed by atoms with van der Waals surface area (Å²) in [6.07, 6.45) is 0.345. The Morgan fingerprint density at radius 2 is 1.62 bits per heavy atom. The summed E-state index contributed by atoms with van der Waals surface area (Å²) in [5.74, 6) is -0.394. The van der Waals surface area contributed by atoms with Crippen LogP contribution in [0.1, 0.15) is 30.5 Å². The Morgan fingerprint density at radius 3 is 2.31 bits per heavy atom. The van der Waals surface area contributed by atoms with Gasteiger partial charge in [0.05, 0.1) is 6.61 Å². The van der Waals surface area contributed by atoms with Crippen molar-refractivity contribution in [1.82, 2.24) is 15.5 Å². The number of amides is 2. The number of ether oxygens (including phenoxy) is 1. The number of halogens is 3. The Bertz CT molecular complexity index is 1370. The van der Waals surface area contributed by atoms with E-state index >= 15 is 0 Å². The van der Waals surface area contributed by atoms with Crippen LogP contribution in [0.25, 0.3) is 0 Å². The fourth-order valence-electron chi connectivity index (χ4n) is 5.13. The van der Waals surface area contributed by atoms with Crippen molar-refractivity contribution < 1.29 is 18.7 Å². The number of rotatable bonds is 11. The SMILES string of the molecule is CCOC(=O)NC(Cc1ccc(Cl)cc1Cl)C(=O)N1CCN(c2ccccc2CC(C)NCc2ccccc2F)CC1. The Hall–Kier alpha value is -3.33. The zero-order valence-electron chi connectivity index (χ0n) is 23.9. The van der Waals surface area contributed by atoms with Gasteiger partial charge in [-0.1, -0.05) is 65.7 Å². The predicted molar refractivity (Wildman–Crippen MR) is 166 cm³/mol. The Balaban J connectivity index is 1.38. The Kier molecular flexibility index (Phi) is 11.5. The van der Waals surface area contributed by atoms with Crippen molar-refractivity contribution in [3.05, 3.63) is 99.3 Å². The van der Waals surface area contributed by atoms with Gasteiger partial charge in [0.25, 0.3) is 0 Å². The molecule has 1 saturated heterocycles. The van der Waals surface area contributed by atoms with Crippen molar-refractivity contribution in [2.45, 2.75) is 45.3 Å². The molecule has 1 aliphatic heterocycles. The summed E-state index contributed by atoms with van der Waals surface area (Å²) in [5.41, 5.74) is 3.66. The fourth-order valence-corrected chi connectivity index (χ4v) is 5.62. The van der Waals surface area contributed by atoms with Gasteiger partial charge in [-0.2, -0.15) is 0 Å². The van der Waals surface area contributed by atoms with E-state index in [1.165, 1.54) is 11.6 Å². The number of hydrogen-bond donors (Lipinski definition) is 2. The minimum absolute atomic E-state index is 0.128. The fraction of sp³-hybridized carbons (Fsp3) is 0.375. The molecular formula is C32H37Cl2FN4O3. The van der Waals surface area contributed by atoms with Crippen LogP contribution >= 0.6 is 23.2 Å². The van der Waals surface area contributed by atoms with Gasteiger partial charge < -0.3 is 25.2 Å². The molecule has 10 heteroatoms. The lowest BCUT2D eigenvalue weighted by atomic mass is 10.0. The molecule has 1 heterocycles. The third-order valence-electron chi connectivity index (χ3n) is 7.35. The average Bonchev–Trinajstić information content (AvgIpc) is 2.98. The van der Waals surface area contributed by atoms with Crippen molar-refractivity contribution >= 4 is 40.9 Å². The van der Waals surface area contributed by atoms with Crippen molar-refractivity contribution in [3.8, 4) is 0 Å². The van der Waals surface area contributed by atoms with Crippen LogP contribution in [0.5, 0.6) is 0 Å². The topological polar surface area (TPSA) is 73.9 Å². The van der Waals surface area contributed by atoms with E-state index in [4.69, 9.17) is 27.9 Å². The molecular weight excluding hydrogens is 578 g/mol. The molecule has 0 aliphatic carbocycles. The lowest BCUT2D eigenvalue weighted by molar-refractivity contribution is -0.133. The summed E-state index contributed by atoms with van der Waals surface area (Å²) in [6, 6.07) is 19.4. The highest BCUT2D eigenvalue weighted by Gasteiger charge is 2.30. The van der Waals surface area contributed by atoms with Crippen molar-refractivity contribution in [3.63, 3.8) is 0 Å². The van der Waals surface area contributed by atoms with Gasteiger partial charge in [0.2, 0.25) is 5.91 Å². The van der Waals surface area contributed by atoms with Crippen LogP contribution in [0.3, 0.4) is 0 Å². The van der Waals surface area contributed by atoms with Crippen molar-refractivity contribution in [1.29, 1.82) is 0 Å². The molecule has 2 N–H and O–H groups in total. The molecule has 0 saturated carbocycles. The zero-order valence-corrected chi connectivity index (χ0v) is 25.4. The highest BCUT2D eigenvalue weighted by molar-refractivity contribution is 6.35. The summed E-state index contributed by atoms with van der Waals surface area (Å²) in [6.45, 7) is 6.76. The first-order valence-electron chi connectivity index (χ1n) is 14.2. The van der Waals surface area contributed by atoms with Gasteiger partial charge in [-0.25, -0.2) is 9.18 Å². The number of benzene rings is 3. The number of carbonyl (C=O) groups excluding carboxylic acids is 2. The summed E-state index contributed by atoms with van der Waals surface area (Å²) in [5, 5.41) is 7.08. The maximum atomic E-state index is 14.0. The van der Waals surface area contributed by atoms with Crippen molar-refractivity contribution in [2.24, 2.45) is 0 Å². The first-order chi connectivity index (χ1) is 20.2. The number of nitrogens with zero attached hydrogens (tertiary/aromatic N) is 2. The number of nitrogens with one attached hydrogen (secondary N) is 2. The third-order valence-corrected chi connectivity index (χ3v) is 7.94. The van der Waals surface area contributed by atoms with Gasteiger partial charge in [0.15, 0.2) is 0 Å². The minimum Gasteiger partial charge on any atom is -0.450 e. The minimum atomic E-state index is -0.831. The van der Waals surface area contributed by atoms with Gasteiger partial charge in [0, 0.05) is 66.5 Å². The van der Waals surface area contributed by atoms with Gasteiger partial charge in [-0.3, -0.25) is 4.79 Å². The first-order valence-corrected chi connectivity index (χ1v) is 15.0. The second kappa shape index (κ2) is 15.2. The molecule has 42 heavy (non-hydrogen) atoms. The molecule has 2 amide bonds. The smallest absolute Gasteiger partial charge is 0.407 e. The maximum absolute atomic E-state index is 14.0. The second-order valence-corrected chi connectivity index (χ2v) is 11.2. The number of piperazine rings is 1. The predicted octanol–water partition coefficient (Wildman–Crippen LogP) is 5.86. The average molecular weight is 616 g/mol. The molecule has 1 aliphatic rings. The van der Waals surface area contributed by atoms with E-state index in [9.17, 15) is 14.0 Å². The monoisotopic (exact) mass is 614 g/mol. The molecule has 3 aromatic rings. The van der Waals surface area contributed by atoms with Crippen LogP contribution in [0, 0.1) is 5.82 Å². The third kappa shape index (κ3) is 8.60. The van der Waals surface area contributed by atoms with E-state index in [1.54, 1.807) is 42.2 Å². The molecule has 0 spiro atoms. The van der Waals surface area contributed by atoms with Crippen LogP contribution in [0.15, 0.2) is 66.7 Å². The molecule has 224 valence electrons.